The Balaban J connectivity index is 2.33. The molecule has 0 saturated heterocycles. The number of benzene rings is 1. The van der Waals surface area contributed by atoms with Crippen LogP contribution < -0.4 is 5.32 Å². The standard InChI is InChI=1S/C17H24BrF2N/c1-3-9-21-17(12-6-4-5-11(2)10-12)15-14(19)8-7-13(18)16(15)20/h7-8,11-12,17,21H,3-6,9-10H2,1-2H3. The summed E-state index contributed by atoms with van der Waals surface area (Å²) in [6.45, 7) is 5.08. The van der Waals surface area contributed by atoms with E-state index in [9.17, 15) is 8.78 Å². The van der Waals surface area contributed by atoms with Crippen LogP contribution in [0.25, 0.3) is 0 Å². The predicted molar refractivity (Wildman–Crippen MR) is 86.2 cm³/mol. The van der Waals surface area contributed by atoms with Gasteiger partial charge in [0.15, 0.2) is 0 Å². The monoisotopic (exact) mass is 359 g/mol. The molecular formula is C17H24BrF2N. The van der Waals surface area contributed by atoms with Gasteiger partial charge in [-0.2, -0.15) is 0 Å². The van der Waals surface area contributed by atoms with Gasteiger partial charge in [0.1, 0.15) is 11.6 Å². The Bertz CT molecular complexity index is 478. The van der Waals surface area contributed by atoms with E-state index >= 15 is 0 Å². The van der Waals surface area contributed by atoms with Crippen LogP contribution in [0.2, 0.25) is 0 Å². The van der Waals surface area contributed by atoms with E-state index in [4.69, 9.17) is 0 Å². The first-order valence-electron chi connectivity index (χ1n) is 7.91. The van der Waals surface area contributed by atoms with E-state index in [1.54, 1.807) is 0 Å². The lowest BCUT2D eigenvalue weighted by molar-refractivity contribution is 0.217. The molecule has 1 aliphatic rings. The van der Waals surface area contributed by atoms with E-state index in [2.05, 4.69) is 35.1 Å². The van der Waals surface area contributed by atoms with Crippen LogP contribution in [0.3, 0.4) is 0 Å². The third kappa shape index (κ3) is 4.04. The van der Waals surface area contributed by atoms with Crippen LogP contribution in [0.15, 0.2) is 16.6 Å². The SMILES string of the molecule is CCCNC(c1c(F)ccc(Br)c1F)C1CCCC(C)C1. The fourth-order valence-electron chi connectivity index (χ4n) is 3.42. The van der Waals surface area contributed by atoms with Crippen LogP contribution in [-0.2, 0) is 0 Å². The van der Waals surface area contributed by atoms with Crippen molar-refractivity contribution < 1.29 is 8.78 Å². The second-order valence-corrected chi connectivity index (χ2v) is 7.07. The predicted octanol–water partition coefficient (Wildman–Crippen LogP) is 5.59. The van der Waals surface area contributed by atoms with Gasteiger partial charge in [0.25, 0.3) is 0 Å². The lowest BCUT2D eigenvalue weighted by atomic mass is 9.76. The van der Waals surface area contributed by atoms with Crippen molar-refractivity contribution in [1.82, 2.24) is 5.32 Å². The highest BCUT2D eigenvalue weighted by Gasteiger charge is 2.31. The van der Waals surface area contributed by atoms with Crippen LogP contribution in [-0.4, -0.2) is 6.54 Å². The second kappa shape index (κ2) is 7.68. The Morgan fingerprint density at radius 1 is 1.33 bits per heavy atom. The molecule has 2 rings (SSSR count). The summed E-state index contributed by atoms with van der Waals surface area (Å²) >= 11 is 3.18. The molecule has 1 aromatic carbocycles. The molecule has 4 heteroatoms. The molecule has 3 unspecified atom stereocenters. The van der Waals surface area contributed by atoms with Crippen molar-refractivity contribution in [1.29, 1.82) is 0 Å². The van der Waals surface area contributed by atoms with Crippen LogP contribution in [0.4, 0.5) is 8.78 Å². The molecule has 0 aromatic heterocycles. The van der Waals surface area contributed by atoms with E-state index in [1.807, 2.05) is 0 Å². The summed E-state index contributed by atoms with van der Waals surface area (Å²) in [5.74, 6) is 0.0379. The smallest absolute Gasteiger partial charge is 0.145 e. The molecule has 0 radical (unpaired) electrons. The molecule has 1 aliphatic carbocycles. The third-order valence-electron chi connectivity index (χ3n) is 4.45. The van der Waals surface area contributed by atoms with Crippen molar-refractivity contribution in [2.45, 2.75) is 52.0 Å². The van der Waals surface area contributed by atoms with Gasteiger partial charge in [-0.3, -0.25) is 0 Å². The summed E-state index contributed by atoms with van der Waals surface area (Å²) in [6, 6.07) is 2.56. The minimum Gasteiger partial charge on any atom is -0.310 e. The van der Waals surface area contributed by atoms with Gasteiger partial charge in [-0.1, -0.05) is 26.7 Å². The zero-order valence-electron chi connectivity index (χ0n) is 12.8. The number of halogens is 3. The van der Waals surface area contributed by atoms with Gasteiger partial charge in [0.05, 0.1) is 4.47 Å². The molecule has 3 atom stereocenters. The Morgan fingerprint density at radius 3 is 2.76 bits per heavy atom. The van der Waals surface area contributed by atoms with E-state index < -0.39 is 11.6 Å². The highest BCUT2D eigenvalue weighted by molar-refractivity contribution is 9.10. The lowest BCUT2D eigenvalue weighted by Gasteiger charge is -2.34. The molecule has 0 aliphatic heterocycles. The summed E-state index contributed by atoms with van der Waals surface area (Å²) in [7, 11) is 0. The van der Waals surface area contributed by atoms with Gasteiger partial charge >= 0.3 is 0 Å². The second-order valence-electron chi connectivity index (χ2n) is 6.22. The molecule has 0 spiro atoms. The van der Waals surface area contributed by atoms with Crippen molar-refractivity contribution in [2.24, 2.45) is 11.8 Å². The fraction of sp³-hybridized carbons (Fsp3) is 0.647. The topological polar surface area (TPSA) is 12.0 Å². The van der Waals surface area contributed by atoms with Gasteiger partial charge in [-0.05, 0) is 65.7 Å². The molecule has 1 nitrogen and oxygen atoms in total. The quantitative estimate of drug-likeness (QED) is 0.675. The first kappa shape index (κ1) is 16.9. The van der Waals surface area contributed by atoms with Crippen LogP contribution in [0, 0.1) is 23.5 Å². The Kier molecular flexibility index (Phi) is 6.18. The van der Waals surface area contributed by atoms with Crippen molar-refractivity contribution in [3.63, 3.8) is 0 Å². The highest BCUT2D eigenvalue weighted by atomic mass is 79.9. The van der Waals surface area contributed by atoms with Gasteiger partial charge in [-0.15, -0.1) is 0 Å². The van der Waals surface area contributed by atoms with Crippen molar-refractivity contribution in [3.05, 3.63) is 33.8 Å². The highest BCUT2D eigenvalue weighted by Crippen LogP contribution is 2.39. The molecule has 0 heterocycles. The fourth-order valence-corrected chi connectivity index (χ4v) is 3.76. The summed E-state index contributed by atoms with van der Waals surface area (Å²) in [4.78, 5) is 0. The summed E-state index contributed by atoms with van der Waals surface area (Å²) in [6.07, 6.45) is 5.40. The van der Waals surface area contributed by atoms with Crippen molar-refractivity contribution in [3.8, 4) is 0 Å². The van der Waals surface area contributed by atoms with E-state index in [1.165, 1.54) is 18.6 Å². The van der Waals surface area contributed by atoms with Crippen molar-refractivity contribution in [2.75, 3.05) is 6.54 Å². The molecular weight excluding hydrogens is 336 g/mol. The molecule has 118 valence electrons. The number of rotatable bonds is 5. The van der Waals surface area contributed by atoms with Crippen LogP contribution in [0.5, 0.6) is 0 Å². The first-order chi connectivity index (χ1) is 10.0. The minimum atomic E-state index is -0.457. The van der Waals surface area contributed by atoms with E-state index in [0.717, 1.165) is 32.2 Å². The molecule has 21 heavy (non-hydrogen) atoms. The summed E-state index contributed by atoms with van der Waals surface area (Å²) in [5, 5.41) is 3.38. The maximum absolute atomic E-state index is 14.5. The molecule has 0 amide bonds. The average Bonchev–Trinajstić information content (AvgIpc) is 2.46. The van der Waals surface area contributed by atoms with Crippen LogP contribution >= 0.6 is 15.9 Å². The number of nitrogens with one attached hydrogen (secondary N) is 1. The molecule has 1 N–H and O–H groups in total. The maximum atomic E-state index is 14.5. The zero-order valence-corrected chi connectivity index (χ0v) is 14.3. The van der Waals surface area contributed by atoms with Crippen LogP contribution in [0.1, 0.15) is 57.6 Å². The lowest BCUT2D eigenvalue weighted by Crippen LogP contribution is -2.33. The first-order valence-corrected chi connectivity index (χ1v) is 8.70. The normalized spacial score (nSPS) is 24.0. The largest absolute Gasteiger partial charge is 0.310 e. The zero-order chi connectivity index (χ0) is 15.4. The summed E-state index contributed by atoms with van der Waals surface area (Å²) < 4.78 is 29.1. The number of hydrogen-bond acceptors (Lipinski definition) is 1. The molecule has 1 fully saturated rings. The maximum Gasteiger partial charge on any atom is 0.145 e. The minimum absolute atomic E-state index is 0.205. The average molecular weight is 360 g/mol. The van der Waals surface area contributed by atoms with E-state index in [0.29, 0.717) is 16.3 Å². The molecule has 1 saturated carbocycles. The van der Waals surface area contributed by atoms with Crippen molar-refractivity contribution >= 4 is 15.9 Å². The van der Waals surface area contributed by atoms with Gasteiger partial charge in [-0.25, -0.2) is 8.78 Å². The Labute approximate surface area is 134 Å². The van der Waals surface area contributed by atoms with Gasteiger partial charge < -0.3 is 5.32 Å². The third-order valence-corrected chi connectivity index (χ3v) is 5.07. The number of hydrogen-bond donors (Lipinski definition) is 1. The van der Waals surface area contributed by atoms with Gasteiger partial charge in [0.2, 0.25) is 0 Å². The summed E-state index contributed by atoms with van der Waals surface area (Å²) in [5.41, 5.74) is 0.205. The molecule has 0 bridgehead atoms. The molecule has 1 aromatic rings. The van der Waals surface area contributed by atoms with Gasteiger partial charge in [0, 0.05) is 11.6 Å². The van der Waals surface area contributed by atoms with E-state index in [-0.39, 0.29) is 11.6 Å². The Morgan fingerprint density at radius 2 is 2.10 bits per heavy atom. The Hall–Kier alpha value is -0.480.